The van der Waals surface area contributed by atoms with Crippen LogP contribution in [0.5, 0.6) is 0 Å². The number of urea groups is 1. The number of fused-ring (bicyclic) bond motifs is 1. The number of nitrogens with zero attached hydrogens (tertiary/aromatic N) is 2. The topological polar surface area (TPSA) is 70.1 Å². The Bertz CT molecular complexity index is 863. The molecular formula is C23H26N2O4. The number of β-amino-alcohol motifs (C(OH)–C–C–N with tert-alkyl or cyclic N) is 1. The van der Waals surface area contributed by atoms with Gasteiger partial charge in [-0.3, -0.25) is 9.69 Å². The molecule has 2 aliphatic rings. The van der Waals surface area contributed by atoms with E-state index in [9.17, 15) is 14.7 Å². The minimum absolute atomic E-state index is 0.0234. The molecule has 0 saturated carbocycles. The average Bonchev–Trinajstić information content (AvgIpc) is 3.30. The van der Waals surface area contributed by atoms with Crippen LogP contribution in [0.4, 0.5) is 4.79 Å². The van der Waals surface area contributed by atoms with E-state index in [1.807, 2.05) is 61.5 Å². The van der Waals surface area contributed by atoms with Gasteiger partial charge < -0.3 is 14.7 Å². The second-order valence-electron chi connectivity index (χ2n) is 7.72. The van der Waals surface area contributed by atoms with Crippen molar-refractivity contribution in [3.8, 4) is 0 Å². The van der Waals surface area contributed by atoms with Gasteiger partial charge in [-0.2, -0.15) is 0 Å². The number of benzene rings is 2. The lowest BCUT2D eigenvalue weighted by Gasteiger charge is -2.24. The molecule has 0 bridgehead atoms. The molecule has 1 N–H and O–H groups in total. The third kappa shape index (κ3) is 3.91. The summed E-state index contributed by atoms with van der Waals surface area (Å²) in [4.78, 5) is 27.7. The number of hydrogen-bond donors (Lipinski definition) is 1. The summed E-state index contributed by atoms with van der Waals surface area (Å²) in [6.07, 6.45) is 0.284. The minimum atomic E-state index is -0.946. The number of carbonyl (C=O) groups is 2. The molecule has 4 rings (SSSR count). The van der Waals surface area contributed by atoms with Gasteiger partial charge in [0.05, 0.1) is 19.3 Å². The fourth-order valence-electron chi connectivity index (χ4n) is 4.19. The van der Waals surface area contributed by atoms with Crippen molar-refractivity contribution in [1.29, 1.82) is 0 Å². The van der Waals surface area contributed by atoms with E-state index < -0.39 is 6.10 Å². The molecule has 29 heavy (non-hydrogen) atoms. The second-order valence-corrected chi connectivity index (χ2v) is 7.72. The van der Waals surface area contributed by atoms with Crippen molar-refractivity contribution >= 4 is 11.9 Å². The molecule has 2 aliphatic heterocycles. The Morgan fingerprint density at radius 1 is 1.10 bits per heavy atom. The number of aliphatic hydroxyl groups excluding tert-OH is 1. The molecule has 3 atom stereocenters. The Hall–Kier alpha value is -2.70. The van der Waals surface area contributed by atoms with E-state index in [1.165, 1.54) is 4.90 Å². The molecular weight excluding hydrogens is 368 g/mol. The molecule has 2 fully saturated rings. The number of imide groups is 1. The highest BCUT2D eigenvalue weighted by Gasteiger charge is 2.47. The van der Waals surface area contributed by atoms with Crippen molar-refractivity contribution in [1.82, 2.24) is 9.80 Å². The van der Waals surface area contributed by atoms with E-state index >= 15 is 0 Å². The molecule has 0 aliphatic carbocycles. The highest BCUT2D eigenvalue weighted by Crippen LogP contribution is 2.30. The first-order chi connectivity index (χ1) is 14.1. The lowest BCUT2D eigenvalue weighted by atomic mass is 9.97. The van der Waals surface area contributed by atoms with Gasteiger partial charge >= 0.3 is 6.03 Å². The van der Waals surface area contributed by atoms with Crippen LogP contribution in [0.25, 0.3) is 0 Å². The van der Waals surface area contributed by atoms with Gasteiger partial charge in [0.25, 0.3) is 5.91 Å². The summed E-state index contributed by atoms with van der Waals surface area (Å²) >= 11 is 0. The van der Waals surface area contributed by atoms with Gasteiger partial charge in [0, 0.05) is 6.54 Å². The Balaban J connectivity index is 1.44. The number of amides is 3. The summed E-state index contributed by atoms with van der Waals surface area (Å²) in [6.45, 7) is 2.62. The summed E-state index contributed by atoms with van der Waals surface area (Å²) in [6, 6.07) is 17.2. The van der Waals surface area contributed by atoms with Crippen LogP contribution in [0.15, 0.2) is 54.6 Å². The number of aryl methyl sites for hydroxylation is 1. The molecule has 0 radical (unpaired) electrons. The third-order valence-electron chi connectivity index (χ3n) is 5.70. The normalized spacial score (nSPS) is 20.8. The highest BCUT2D eigenvalue weighted by molar-refractivity contribution is 6.04. The Kier molecular flexibility index (Phi) is 5.65. The molecule has 0 unspecified atom stereocenters. The fraction of sp³-hybridized carbons (Fsp3) is 0.391. The van der Waals surface area contributed by atoms with Gasteiger partial charge in [0.15, 0.2) is 0 Å². The largest absolute Gasteiger partial charge is 0.389 e. The smallest absolute Gasteiger partial charge is 0.327 e. The predicted octanol–water partition coefficient (Wildman–Crippen LogP) is 2.89. The quantitative estimate of drug-likeness (QED) is 0.733. The van der Waals surface area contributed by atoms with Crippen LogP contribution in [0, 0.1) is 6.92 Å². The summed E-state index contributed by atoms with van der Waals surface area (Å²) < 4.78 is 6.12. The zero-order valence-electron chi connectivity index (χ0n) is 16.5. The number of rotatable bonds is 7. The maximum Gasteiger partial charge on any atom is 0.327 e. The minimum Gasteiger partial charge on any atom is -0.389 e. The zero-order valence-corrected chi connectivity index (χ0v) is 16.5. The zero-order chi connectivity index (χ0) is 20.4. The van der Waals surface area contributed by atoms with Crippen molar-refractivity contribution in [3.63, 3.8) is 0 Å². The summed E-state index contributed by atoms with van der Waals surface area (Å²) in [7, 11) is 0. The molecule has 2 saturated heterocycles. The van der Waals surface area contributed by atoms with Crippen LogP contribution >= 0.6 is 0 Å². The highest BCUT2D eigenvalue weighted by atomic mass is 16.5. The van der Waals surface area contributed by atoms with Crippen molar-refractivity contribution in [2.24, 2.45) is 0 Å². The molecule has 0 spiro atoms. The third-order valence-corrected chi connectivity index (χ3v) is 5.70. The molecule has 2 aromatic rings. The Morgan fingerprint density at radius 3 is 2.55 bits per heavy atom. The first kappa shape index (κ1) is 19.6. The van der Waals surface area contributed by atoms with E-state index in [1.54, 1.807) is 4.90 Å². The lowest BCUT2D eigenvalue weighted by Crippen LogP contribution is -2.40. The van der Waals surface area contributed by atoms with Crippen molar-refractivity contribution in [2.75, 3.05) is 19.7 Å². The van der Waals surface area contributed by atoms with Gasteiger partial charge in [-0.25, -0.2) is 4.79 Å². The molecule has 6 nitrogen and oxygen atoms in total. The summed E-state index contributed by atoms with van der Waals surface area (Å²) in [5, 5.41) is 10.5. The molecule has 0 aromatic heterocycles. The van der Waals surface area contributed by atoms with Crippen LogP contribution in [0.1, 0.15) is 35.6 Å². The lowest BCUT2D eigenvalue weighted by molar-refractivity contribution is -0.129. The van der Waals surface area contributed by atoms with Crippen LogP contribution < -0.4 is 0 Å². The van der Waals surface area contributed by atoms with Gasteiger partial charge in [-0.15, -0.1) is 0 Å². The van der Waals surface area contributed by atoms with Crippen molar-refractivity contribution in [3.05, 3.63) is 71.3 Å². The van der Waals surface area contributed by atoms with Crippen LogP contribution in [-0.2, 0) is 9.53 Å². The first-order valence-electron chi connectivity index (χ1n) is 10.1. The number of carbonyl (C=O) groups excluding carboxylic acids is 2. The maximum atomic E-state index is 12.5. The van der Waals surface area contributed by atoms with Crippen LogP contribution in [0.2, 0.25) is 0 Å². The second kappa shape index (κ2) is 8.35. The van der Waals surface area contributed by atoms with E-state index in [0.717, 1.165) is 23.1 Å². The number of ether oxygens (including phenoxy) is 1. The van der Waals surface area contributed by atoms with Crippen molar-refractivity contribution < 1.29 is 19.4 Å². The van der Waals surface area contributed by atoms with E-state index in [-0.39, 0.29) is 37.2 Å². The fourth-order valence-corrected chi connectivity index (χ4v) is 4.19. The van der Waals surface area contributed by atoms with Crippen molar-refractivity contribution in [2.45, 2.75) is 38.0 Å². The molecule has 2 heterocycles. The SMILES string of the molecule is Cc1ccccc1[C@H](OC[C@@H](O)CN1C(=O)[C@@H]2CCCN2C1=O)c1ccccc1. The number of hydrogen-bond acceptors (Lipinski definition) is 4. The summed E-state index contributed by atoms with van der Waals surface area (Å²) in [5.41, 5.74) is 3.12. The number of aliphatic hydroxyl groups is 1. The van der Waals surface area contributed by atoms with Gasteiger partial charge in [0.2, 0.25) is 0 Å². The standard InChI is InChI=1S/C23H26N2O4/c1-16-8-5-6-11-19(16)21(17-9-3-2-4-10-17)29-15-18(26)14-25-22(27)20-12-7-13-24(20)23(25)28/h2-6,8-11,18,20-21,26H,7,12-15H2,1H3/t18-,20-,21+/m0/s1. The summed E-state index contributed by atoms with van der Waals surface area (Å²) in [5.74, 6) is -0.204. The van der Waals surface area contributed by atoms with E-state index in [2.05, 4.69) is 0 Å². The first-order valence-corrected chi connectivity index (χ1v) is 10.1. The Labute approximate surface area is 170 Å². The predicted molar refractivity (Wildman–Crippen MR) is 108 cm³/mol. The molecule has 6 heteroatoms. The van der Waals surface area contributed by atoms with E-state index in [0.29, 0.717) is 13.0 Å². The Morgan fingerprint density at radius 2 is 1.83 bits per heavy atom. The van der Waals surface area contributed by atoms with Gasteiger partial charge in [0.1, 0.15) is 12.1 Å². The molecule has 152 valence electrons. The van der Waals surface area contributed by atoms with Crippen LogP contribution in [0.3, 0.4) is 0 Å². The van der Waals surface area contributed by atoms with Crippen LogP contribution in [-0.4, -0.2) is 58.7 Å². The maximum absolute atomic E-state index is 12.5. The molecule has 2 aromatic carbocycles. The molecule has 3 amide bonds. The average molecular weight is 394 g/mol. The van der Waals surface area contributed by atoms with E-state index in [4.69, 9.17) is 4.74 Å². The monoisotopic (exact) mass is 394 g/mol. The van der Waals surface area contributed by atoms with Gasteiger partial charge in [-0.05, 0) is 36.5 Å². The van der Waals surface area contributed by atoms with Gasteiger partial charge in [-0.1, -0.05) is 54.6 Å².